The van der Waals surface area contributed by atoms with Gasteiger partial charge in [0.05, 0.1) is 11.8 Å². The number of pyridine rings is 1. The van der Waals surface area contributed by atoms with Crippen molar-refractivity contribution in [1.29, 1.82) is 0 Å². The quantitative estimate of drug-likeness (QED) is 0.819. The van der Waals surface area contributed by atoms with Crippen LogP contribution in [0.1, 0.15) is 26.0 Å². The molecule has 6 heteroatoms. The number of aromatic hydroxyl groups is 1. The molecule has 0 aliphatic heterocycles. The van der Waals surface area contributed by atoms with Gasteiger partial charge in [0, 0.05) is 11.2 Å². The van der Waals surface area contributed by atoms with E-state index in [9.17, 15) is 14.6 Å². The van der Waals surface area contributed by atoms with Gasteiger partial charge in [-0.05, 0) is 31.6 Å². The van der Waals surface area contributed by atoms with Crippen molar-refractivity contribution >= 4 is 24.6 Å². The topological polar surface area (TPSA) is 79.7 Å². The molecule has 5 nitrogen and oxygen atoms in total. The summed E-state index contributed by atoms with van der Waals surface area (Å²) in [6.45, 7) is 3.62. The number of para-hydroxylation sites is 1. The van der Waals surface area contributed by atoms with Gasteiger partial charge in [-0.15, -0.1) is 0 Å². The molecule has 2 rings (SSSR count). The highest BCUT2D eigenvalue weighted by atomic mass is 31.2. The lowest BCUT2D eigenvalue weighted by Gasteiger charge is -2.13. The van der Waals surface area contributed by atoms with E-state index in [1.807, 2.05) is 13.0 Å². The van der Waals surface area contributed by atoms with E-state index >= 15 is 0 Å². The Balaban J connectivity index is 2.25. The Bertz CT molecular complexity index is 714. The Morgan fingerprint density at radius 3 is 2.86 bits per heavy atom. The number of benzene rings is 1. The van der Waals surface area contributed by atoms with Crippen molar-refractivity contribution in [1.82, 2.24) is 4.98 Å². The van der Waals surface area contributed by atoms with Crippen molar-refractivity contribution < 1.29 is 19.1 Å². The van der Waals surface area contributed by atoms with Crippen LogP contribution in [0.5, 0.6) is 5.75 Å². The van der Waals surface area contributed by atoms with E-state index in [2.05, 4.69) is 4.98 Å². The van der Waals surface area contributed by atoms with Crippen LogP contribution >= 0.6 is 7.60 Å². The van der Waals surface area contributed by atoms with Crippen LogP contribution < -0.4 is 0 Å². The van der Waals surface area contributed by atoms with E-state index < -0.39 is 7.60 Å². The molecule has 2 unspecified atom stereocenters. The first kappa shape index (κ1) is 15.7. The zero-order valence-electron chi connectivity index (χ0n) is 11.9. The number of phenols is 1. The van der Waals surface area contributed by atoms with Crippen LogP contribution in [0.3, 0.4) is 0 Å². The zero-order chi connectivity index (χ0) is 15.5. The second-order valence-corrected chi connectivity index (χ2v) is 6.43. The number of phenolic OH excluding ortho intramolecular Hbond substituents is 1. The lowest BCUT2D eigenvalue weighted by molar-refractivity contribution is 0.192. The molecule has 0 saturated carbocycles. The Kier molecular flexibility index (Phi) is 4.78. The van der Waals surface area contributed by atoms with Gasteiger partial charge < -0.3 is 14.5 Å². The normalized spacial score (nSPS) is 16.1. The van der Waals surface area contributed by atoms with E-state index in [4.69, 9.17) is 4.52 Å². The molecule has 1 heterocycles. The maximum absolute atomic E-state index is 11.9. The molecule has 0 bridgehead atoms. The van der Waals surface area contributed by atoms with Gasteiger partial charge in [-0.25, -0.2) is 4.98 Å². The lowest BCUT2D eigenvalue weighted by atomic mass is 10.2. The highest BCUT2D eigenvalue weighted by Crippen LogP contribution is 2.45. The van der Waals surface area contributed by atoms with Gasteiger partial charge in [-0.2, -0.15) is 0 Å². The van der Waals surface area contributed by atoms with Gasteiger partial charge >= 0.3 is 7.60 Å². The summed E-state index contributed by atoms with van der Waals surface area (Å²) < 4.78 is 16.9. The van der Waals surface area contributed by atoms with Crippen molar-refractivity contribution in [2.45, 2.75) is 26.4 Å². The maximum Gasteiger partial charge on any atom is 0.351 e. The lowest BCUT2D eigenvalue weighted by Crippen LogP contribution is -2.02. The van der Waals surface area contributed by atoms with Crippen LogP contribution in [0, 0.1) is 0 Å². The third-order valence-electron chi connectivity index (χ3n) is 3.06. The average molecular weight is 307 g/mol. The molecule has 2 aromatic rings. The van der Waals surface area contributed by atoms with Crippen molar-refractivity contribution in [3.8, 4) is 5.75 Å². The van der Waals surface area contributed by atoms with Crippen LogP contribution in [0.15, 0.2) is 36.1 Å². The summed E-state index contributed by atoms with van der Waals surface area (Å²) in [5.74, 6) is 1.19. The summed E-state index contributed by atoms with van der Waals surface area (Å²) in [7, 11) is -3.79. The Morgan fingerprint density at radius 1 is 1.38 bits per heavy atom. The molecule has 0 spiro atoms. The predicted octanol–water partition coefficient (Wildman–Crippen LogP) is 3.91. The molecular weight excluding hydrogens is 289 g/mol. The van der Waals surface area contributed by atoms with Crippen molar-refractivity contribution in [3.05, 3.63) is 41.8 Å². The minimum Gasteiger partial charge on any atom is -0.506 e. The second-order valence-electron chi connectivity index (χ2n) is 4.79. The molecule has 2 N–H and O–H groups in total. The first-order valence-electron chi connectivity index (χ1n) is 6.70. The minimum atomic E-state index is -3.79. The number of hydrogen-bond acceptors (Lipinski definition) is 4. The van der Waals surface area contributed by atoms with E-state index in [0.717, 1.165) is 11.2 Å². The highest BCUT2D eigenvalue weighted by molar-refractivity contribution is 7.56. The molecule has 0 amide bonds. The third kappa shape index (κ3) is 4.14. The number of hydrogen-bond donors (Lipinski definition) is 2. The first-order chi connectivity index (χ1) is 9.91. The molecule has 21 heavy (non-hydrogen) atoms. The van der Waals surface area contributed by atoms with E-state index in [1.54, 1.807) is 31.2 Å². The molecule has 0 aliphatic rings. The zero-order valence-corrected chi connectivity index (χ0v) is 12.8. The van der Waals surface area contributed by atoms with Crippen molar-refractivity contribution in [2.75, 3.05) is 0 Å². The minimum absolute atomic E-state index is 0.0748. The average Bonchev–Trinajstić information content (AvgIpc) is 2.45. The molecule has 0 saturated heterocycles. The first-order valence-corrected chi connectivity index (χ1v) is 8.35. The SMILES string of the molecule is CCC(C)OP(=O)(O)C=Cc1ccc2cccc(O)c2n1. The van der Waals surface area contributed by atoms with Gasteiger partial charge in [0.25, 0.3) is 0 Å². The Labute approximate surface area is 123 Å². The van der Waals surface area contributed by atoms with Crippen molar-refractivity contribution in [2.24, 2.45) is 0 Å². The maximum atomic E-state index is 11.9. The fourth-order valence-corrected chi connectivity index (χ4v) is 2.85. The van der Waals surface area contributed by atoms with Gasteiger partial charge in [0.1, 0.15) is 11.3 Å². The molecule has 1 aromatic heterocycles. The summed E-state index contributed by atoms with van der Waals surface area (Å²) in [6.07, 6.45) is 1.79. The van der Waals surface area contributed by atoms with Crippen LogP contribution in [-0.2, 0) is 9.09 Å². The van der Waals surface area contributed by atoms with Crippen LogP contribution in [0.2, 0.25) is 0 Å². The molecular formula is C15H18NO4P. The second kappa shape index (κ2) is 6.39. The number of rotatable bonds is 5. The number of aromatic nitrogens is 1. The molecule has 0 fully saturated rings. The summed E-state index contributed by atoms with van der Waals surface area (Å²) in [6, 6.07) is 8.61. The number of nitrogens with zero attached hydrogens (tertiary/aromatic N) is 1. The molecule has 0 radical (unpaired) electrons. The summed E-state index contributed by atoms with van der Waals surface area (Å²) >= 11 is 0. The summed E-state index contributed by atoms with van der Waals surface area (Å²) in [5, 5.41) is 10.6. The highest BCUT2D eigenvalue weighted by Gasteiger charge is 2.18. The fraction of sp³-hybridized carbons (Fsp3) is 0.267. The summed E-state index contributed by atoms with van der Waals surface area (Å²) in [5.41, 5.74) is 0.932. The van der Waals surface area contributed by atoms with Gasteiger partial charge in [0.15, 0.2) is 0 Å². The van der Waals surface area contributed by atoms with E-state index in [1.165, 1.54) is 6.08 Å². The third-order valence-corrected chi connectivity index (χ3v) is 4.25. The molecule has 2 atom stereocenters. The number of fused-ring (bicyclic) bond motifs is 1. The fourth-order valence-electron chi connectivity index (χ4n) is 1.78. The van der Waals surface area contributed by atoms with Gasteiger partial charge in [-0.3, -0.25) is 4.57 Å². The predicted molar refractivity (Wildman–Crippen MR) is 83.1 cm³/mol. The molecule has 1 aromatic carbocycles. The van der Waals surface area contributed by atoms with Crippen LogP contribution in [0.25, 0.3) is 17.0 Å². The van der Waals surface area contributed by atoms with E-state index in [0.29, 0.717) is 17.6 Å². The standard InChI is InChI=1S/C15H18NO4P/c1-3-11(2)20-21(18,19)10-9-13-8-7-12-5-4-6-14(17)15(12)16-13/h4-11,17H,3H2,1-2H3,(H,18,19). The van der Waals surface area contributed by atoms with Gasteiger partial charge in [-0.1, -0.05) is 25.1 Å². The van der Waals surface area contributed by atoms with E-state index in [-0.39, 0.29) is 11.9 Å². The van der Waals surface area contributed by atoms with Crippen LogP contribution in [0.4, 0.5) is 0 Å². The largest absolute Gasteiger partial charge is 0.506 e. The molecule has 0 aliphatic carbocycles. The van der Waals surface area contributed by atoms with Crippen LogP contribution in [-0.4, -0.2) is 21.1 Å². The monoisotopic (exact) mass is 307 g/mol. The Hall–Kier alpha value is -1.68. The summed E-state index contributed by atoms with van der Waals surface area (Å²) in [4.78, 5) is 14.0. The smallest absolute Gasteiger partial charge is 0.351 e. The van der Waals surface area contributed by atoms with Gasteiger partial charge in [0.2, 0.25) is 0 Å². The molecule has 112 valence electrons. The van der Waals surface area contributed by atoms with Crippen molar-refractivity contribution in [3.63, 3.8) is 0 Å². The Morgan fingerprint density at radius 2 is 2.14 bits per heavy atom.